The molecule has 0 amide bonds. The van der Waals surface area contributed by atoms with Gasteiger partial charge in [-0.2, -0.15) is 0 Å². The molecule has 1 aliphatic rings. The molecule has 0 spiro atoms. The van der Waals surface area contributed by atoms with E-state index in [4.69, 9.17) is 10.5 Å². The summed E-state index contributed by atoms with van der Waals surface area (Å²) in [5, 5.41) is 0. The van der Waals surface area contributed by atoms with E-state index in [1.807, 2.05) is 7.11 Å². The van der Waals surface area contributed by atoms with E-state index in [-0.39, 0.29) is 5.60 Å². The van der Waals surface area contributed by atoms with E-state index in [0.717, 1.165) is 19.5 Å². The Kier molecular flexibility index (Phi) is 5.22. The molecular formula is C13H28N2O. The Balaban J connectivity index is 2.64. The quantitative estimate of drug-likeness (QED) is 0.780. The molecule has 2 N–H and O–H groups in total. The van der Waals surface area contributed by atoms with Gasteiger partial charge in [-0.3, -0.25) is 4.90 Å². The molecule has 96 valence electrons. The highest BCUT2D eigenvalue weighted by Gasteiger charge is 2.34. The second-order valence-electron chi connectivity index (χ2n) is 5.42. The third kappa shape index (κ3) is 3.19. The van der Waals surface area contributed by atoms with Crippen LogP contribution in [0.4, 0.5) is 0 Å². The average molecular weight is 228 g/mol. The summed E-state index contributed by atoms with van der Waals surface area (Å²) in [5.41, 5.74) is 5.95. The lowest BCUT2D eigenvalue weighted by Gasteiger charge is -2.44. The van der Waals surface area contributed by atoms with Gasteiger partial charge in [0.2, 0.25) is 0 Å². The number of piperidine rings is 1. The molecule has 3 heteroatoms. The Morgan fingerprint density at radius 3 is 2.69 bits per heavy atom. The fourth-order valence-corrected chi connectivity index (χ4v) is 2.71. The molecule has 1 fully saturated rings. The summed E-state index contributed by atoms with van der Waals surface area (Å²) in [7, 11) is 1.82. The minimum Gasteiger partial charge on any atom is -0.377 e. The van der Waals surface area contributed by atoms with Crippen LogP contribution < -0.4 is 5.73 Å². The maximum absolute atomic E-state index is 5.93. The summed E-state index contributed by atoms with van der Waals surface area (Å²) in [6.45, 7) is 9.71. The molecule has 0 aromatic carbocycles. The molecule has 1 aliphatic heterocycles. The SMILES string of the molecule is CCC(C)C(CN)N1CCCC(C)(OC)C1. The number of methoxy groups -OCH3 is 1. The number of hydrogen-bond donors (Lipinski definition) is 1. The van der Waals surface area contributed by atoms with Crippen LogP contribution in [0.3, 0.4) is 0 Å². The van der Waals surface area contributed by atoms with Gasteiger partial charge >= 0.3 is 0 Å². The molecule has 3 nitrogen and oxygen atoms in total. The van der Waals surface area contributed by atoms with Gasteiger partial charge in [0.25, 0.3) is 0 Å². The summed E-state index contributed by atoms with van der Waals surface area (Å²) in [6, 6.07) is 0.514. The van der Waals surface area contributed by atoms with Crippen molar-refractivity contribution < 1.29 is 4.74 Å². The van der Waals surface area contributed by atoms with Crippen molar-refractivity contribution >= 4 is 0 Å². The van der Waals surface area contributed by atoms with E-state index in [1.54, 1.807) is 0 Å². The predicted molar refractivity (Wildman–Crippen MR) is 68.5 cm³/mol. The summed E-state index contributed by atoms with van der Waals surface area (Å²) in [4.78, 5) is 2.53. The number of likely N-dealkylation sites (tertiary alicyclic amines) is 1. The zero-order valence-corrected chi connectivity index (χ0v) is 11.3. The minimum atomic E-state index is 0.0269. The van der Waals surface area contributed by atoms with Crippen molar-refractivity contribution in [1.82, 2.24) is 4.90 Å². The van der Waals surface area contributed by atoms with E-state index in [2.05, 4.69) is 25.7 Å². The Morgan fingerprint density at radius 1 is 1.50 bits per heavy atom. The van der Waals surface area contributed by atoms with Gasteiger partial charge in [0, 0.05) is 26.2 Å². The molecular weight excluding hydrogens is 200 g/mol. The van der Waals surface area contributed by atoms with E-state index < -0.39 is 0 Å². The van der Waals surface area contributed by atoms with E-state index in [1.165, 1.54) is 19.4 Å². The van der Waals surface area contributed by atoms with Gasteiger partial charge in [0.15, 0.2) is 0 Å². The predicted octanol–water partition coefficient (Wildman–Crippen LogP) is 1.86. The number of ether oxygens (including phenoxy) is 1. The molecule has 1 saturated heterocycles. The van der Waals surface area contributed by atoms with Crippen molar-refractivity contribution in [2.45, 2.75) is 51.7 Å². The lowest BCUT2D eigenvalue weighted by atomic mass is 9.90. The summed E-state index contributed by atoms with van der Waals surface area (Å²) in [5.74, 6) is 0.671. The van der Waals surface area contributed by atoms with Gasteiger partial charge in [-0.25, -0.2) is 0 Å². The van der Waals surface area contributed by atoms with Gasteiger partial charge in [-0.15, -0.1) is 0 Å². The largest absolute Gasteiger partial charge is 0.377 e. The number of rotatable bonds is 5. The van der Waals surface area contributed by atoms with Gasteiger partial charge in [0.05, 0.1) is 5.60 Å². The van der Waals surface area contributed by atoms with E-state index >= 15 is 0 Å². The number of nitrogens with zero attached hydrogens (tertiary/aromatic N) is 1. The molecule has 0 radical (unpaired) electrons. The maximum Gasteiger partial charge on any atom is 0.0777 e. The van der Waals surface area contributed by atoms with Crippen LogP contribution in [0.5, 0.6) is 0 Å². The summed E-state index contributed by atoms with van der Waals surface area (Å²) in [6.07, 6.45) is 3.58. The second-order valence-corrected chi connectivity index (χ2v) is 5.42. The molecule has 0 saturated carbocycles. The van der Waals surface area contributed by atoms with Crippen molar-refractivity contribution in [3.8, 4) is 0 Å². The zero-order valence-electron chi connectivity index (χ0n) is 11.3. The third-order valence-corrected chi connectivity index (χ3v) is 4.19. The van der Waals surface area contributed by atoms with E-state index in [9.17, 15) is 0 Å². The van der Waals surface area contributed by atoms with Crippen molar-refractivity contribution in [2.24, 2.45) is 11.7 Å². The zero-order chi connectivity index (χ0) is 12.2. The van der Waals surface area contributed by atoms with Crippen LogP contribution in [0.15, 0.2) is 0 Å². The van der Waals surface area contributed by atoms with Crippen molar-refractivity contribution in [2.75, 3.05) is 26.7 Å². The second kappa shape index (κ2) is 5.99. The van der Waals surface area contributed by atoms with Crippen LogP contribution in [-0.2, 0) is 4.74 Å². The Hall–Kier alpha value is -0.120. The lowest BCUT2D eigenvalue weighted by Crippen LogP contribution is -2.54. The standard InChI is InChI=1S/C13H28N2O/c1-5-11(2)12(9-14)15-8-6-7-13(3,10-15)16-4/h11-12H,5-10,14H2,1-4H3. The van der Waals surface area contributed by atoms with Gasteiger partial charge in [-0.1, -0.05) is 20.3 Å². The lowest BCUT2D eigenvalue weighted by molar-refractivity contribution is -0.0657. The highest BCUT2D eigenvalue weighted by atomic mass is 16.5. The topological polar surface area (TPSA) is 38.5 Å². The first-order valence-electron chi connectivity index (χ1n) is 6.55. The van der Waals surface area contributed by atoms with Crippen LogP contribution >= 0.6 is 0 Å². The highest BCUT2D eigenvalue weighted by molar-refractivity contribution is 4.89. The molecule has 0 bridgehead atoms. The highest BCUT2D eigenvalue weighted by Crippen LogP contribution is 2.27. The Bertz CT molecular complexity index is 210. The van der Waals surface area contributed by atoms with Gasteiger partial charge in [-0.05, 0) is 32.2 Å². The van der Waals surface area contributed by atoms with Crippen molar-refractivity contribution in [3.05, 3.63) is 0 Å². The fraction of sp³-hybridized carbons (Fsp3) is 1.00. The first-order valence-corrected chi connectivity index (χ1v) is 6.55. The Labute approximate surface area is 100 Å². The van der Waals surface area contributed by atoms with Gasteiger partial charge < -0.3 is 10.5 Å². The van der Waals surface area contributed by atoms with Crippen molar-refractivity contribution in [1.29, 1.82) is 0 Å². The van der Waals surface area contributed by atoms with Crippen LogP contribution in [0.1, 0.15) is 40.0 Å². The number of nitrogens with two attached hydrogens (primary N) is 1. The van der Waals surface area contributed by atoms with Crippen LogP contribution in [-0.4, -0.2) is 43.3 Å². The van der Waals surface area contributed by atoms with E-state index in [0.29, 0.717) is 12.0 Å². The molecule has 1 heterocycles. The number of hydrogen-bond acceptors (Lipinski definition) is 3. The molecule has 3 unspecified atom stereocenters. The average Bonchev–Trinajstić information content (AvgIpc) is 2.30. The molecule has 3 atom stereocenters. The first kappa shape index (κ1) is 13.9. The van der Waals surface area contributed by atoms with Crippen LogP contribution in [0, 0.1) is 5.92 Å². The molecule has 16 heavy (non-hydrogen) atoms. The normalized spacial score (nSPS) is 31.3. The fourth-order valence-electron chi connectivity index (χ4n) is 2.71. The summed E-state index contributed by atoms with van der Waals surface area (Å²) < 4.78 is 5.63. The monoisotopic (exact) mass is 228 g/mol. The maximum atomic E-state index is 5.93. The van der Waals surface area contributed by atoms with Crippen LogP contribution in [0.2, 0.25) is 0 Å². The molecule has 0 aromatic rings. The van der Waals surface area contributed by atoms with Crippen LogP contribution in [0.25, 0.3) is 0 Å². The first-order chi connectivity index (χ1) is 7.56. The minimum absolute atomic E-state index is 0.0269. The molecule has 1 rings (SSSR count). The Morgan fingerprint density at radius 2 is 2.19 bits per heavy atom. The molecule has 0 aromatic heterocycles. The van der Waals surface area contributed by atoms with Gasteiger partial charge in [0.1, 0.15) is 0 Å². The molecule has 0 aliphatic carbocycles. The smallest absolute Gasteiger partial charge is 0.0777 e. The third-order valence-electron chi connectivity index (χ3n) is 4.19. The summed E-state index contributed by atoms with van der Waals surface area (Å²) >= 11 is 0. The van der Waals surface area contributed by atoms with Crippen molar-refractivity contribution in [3.63, 3.8) is 0 Å².